The number of rotatable bonds is 2. The molecular weight excluding hydrogens is 204 g/mol. The topological polar surface area (TPSA) is 43.6 Å². The zero-order valence-corrected chi connectivity index (χ0v) is 9.01. The van der Waals surface area contributed by atoms with Crippen LogP contribution in [-0.2, 0) is 14.9 Å². The van der Waals surface area contributed by atoms with Gasteiger partial charge in [0.15, 0.2) is 0 Å². The van der Waals surface area contributed by atoms with Crippen LogP contribution in [0.2, 0.25) is 0 Å². The highest BCUT2D eigenvalue weighted by molar-refractivity contribution is 5.86. The summed E-state index contributed by atoms with van der Waals surface area (Å²) in [7, 11) is 1.44. The number of aromatic nitrogens is 2. The molecule has 2 aromatic heterocycles. The largest absolute Gasteiger partial charge is 0.468 e. The Hall–Kier alpha value is -1.84. The third-order valence-corrected chi connectivity index (χ3v) is 3.28. The summed E-state index contributed by atoms with van der Waals surface area (Å²) in [5.74, 6) is -0.136. The normalized spacial score (nSPS) is 17.3. The van der Waals surface area contributed by atoms with Crippen molar-refractivity contribution in [1.29, 1.82) is 0 Å². The van der Waals surface area contributed by atoms with E-state index in [-0.39, 0.29) is 5.97 Å². The molecule has 0 unspecified atom stereocenters. The number of nitrogens with zero attached hydrogens (tertiary/aromatic N) is 2. The Bertz CT molecular complexity index is 555. The minimum absolute atomic E-state index is 0.136. The number of ether oxygens (including phenoxy) is 1. The van der Waals surface area contributed by atoms with E-state index in [2.05, 4.69) is 4.98 Å². The molecule has 1 fully saturated rings. The van der Waals surface area contributed by atoms with E-state index >= 15 is 0 Å². The van der Waals surface area contributed by atoms with Crippen LogP contribution in [0.3, 0.4) is 0 Å². The number of fused-ring (bicyclic) bond motifs is 1. The van der Waals surface area contributed by atoms with Crippen molar-refractivity contribution in [1.82, 2.24) is 9.38 Å². The summed E-state index contributed by atoms with van der Waals surface area (Å²) in [5.41, 5.74) is 1.48. The van der Waals surface area contributed by atoms with E-state index in [1.165, 1.54) is 7.11 Å². The van der Waals surface area contributed by atoms with E-state index in [4.69, 9.17) is 4.74 Å². The summed E-state index contributed by atoms with van der Waals surface area (Å²) >= 11 is 0. The van der Waals surface area contributed by atoms with Crippen molar-refractivity contribution in [3.63, 3.8) is 0 Å². The molecule has 4 heteroatoms. The number of esters is 1. The molecular formula is C12H12N2O2. The van der Waals surface area contributed by atoms with Crippen molar-refractivity contribution in [2.45, 2.75) is 18.3 Å². The van der Waals surface area contributed by atoms with Crippen molar-refractivity contribution in [3.05, 3.63) is 36.3 Å². The predicted octanol–water partition coefficient (Wildman–Crippen LogP) is 1.54. The third-order valence-electron chi connectivity index (χ3n) is 3.28. The van der Waals surface area contributed by atoms with Gasteiger partial charge in [0, 0.05) is 18.6 Å². The quantitative estimate of drug-likeness (QED) is 0.715. The highest BCUT2D eigenvalue weighted by atomic mass is 16.5. The van der Waals surface area contributed by atoms with Gasteiger partial charge in [0.25, 0.3) is 0 Å². The number of methoxy groups -OCH3 is 1. The number of carbonyl (C=O) groups is 1. The van der Waals surface area contributed by atoms with Gasteiger partial charge in [-0.1, -0.05) is 0 Å². The van der Waals surface area contributed by atoms with Gasteiger partial charge in [0.1, 0.15) is 5.65 Å². The van der Waals surface area contributed by atoms with Gasteiger partial charge in [-0.3, -0.25) is 4.79 Å². The number of hydrogen-bond donors (Lipinski definition) is 0. The van der Waals surface area contributed by atoms with Crippen LogP contribution in [0.5, 0.6) is 0 Å². The Morgan fingerprint density at radius 2 is 2.31 bits per heavy atom. The van der Waals surface area contributed by atoms with Crippen molar-refractivity contribution in [2.24, 2.45) is 0 Å². The number of imidazole rings is 1. The Labute approximate surface area is 92.9 Å². The molecule has 0 radical (unpaired) electrons. The minimum atomic E-state index is -0.400. The first-order valence-corrected chi connectivity index (χ1v) is 5.28. The minimum Gasteiger partial charge on any atom is -0.468 e. The first kappa shape index (κ1) is 9.39. The van der Waals surface area contributed by atoms with Crippen LogP contribution in [0.25, 0.3) is 5.65 Å². The van der Waals surface area contributed by atoms with Crippen molar-refractivity contribution >= 4 is 11.6 Å². The maximum absolute atomic E-state index is 11.7. The van der Waals surface area contributed by atoms with Gasteiger partial charge in [-0.05, 0) is 30.5 Å². The molecule has 1 aliphatic rings. The summed E-state index contributed by atoms with van der Waals surface area (Å²) < 4.78 is 6.79. The zero-order chi connectivity index (χ0) is 11.2. The Morgan fingerprint density at radius 1 is 1.50 bits per heavy atom. The molecule has 0 N–H and O–H groups in total. The second-order valence-electron chi connectivity index (χ2n) is 4.18. The predicted molar refractivity (Wildman–Crippen MR) is 58.1 cm³/mol. The Balaban J connectivity index is 2.09. The van der Waals surface area contributed by atoms with E-state index < -0.39 is 5.41 Å². The summed E-state index contributed by atoms with van der Waals surface area (Å²) in [5, 5.41) is 0. The van der Waals surface area contributed by atoms with Gasteiger partial charge in [-0.25, -0.2) is 4.98 Å². The molecule has 0 amide bonds. The maximum Gasteiger partial charge on any atom is 0.316 e. The highest BCUT2D eigenvalue weighted by Gasteiger charge is 2.52. The molecule has 16 heavy (non-hydrogen) atoms. The third kappa shape index (κ3) is 1.16. The molecule has 0 bridgehead atoms. The molecule has 2 heterocycles. The second kappa shape index (κ2) is 3.07. The summed E-state index contributed by atoms with van der Waals surface area (Å²) in [6.07, 6.45) is 7.31. The molecule has 0 atom stereocenters. The lowest BCUT2D eigenvalue weighted by Crippen LogP contribution is -2.21. The molecule has 82 valence electrons. The average Bonchev–Trinajstić information content (AvgIpc) is 3.00. The summed E-state index contributed by atoms with van der Waals surface area (Å²) in [6.45, 7) is 0. The number of carbonyl (C=O) groups excluding carboxylic acids is 1. The maximum atomic E-state index is 11.7. The number of pyridine rings is 1. The zero-order valence-electron chi connectivity index (χ0n) is 9.01. The molecule has 1 aliphatic carbocycles. The molecule has 0 aliphatic heterocycles. The van der Waals surface area contributed by atoms with Crippen LogP contribution in [0.15, 0.2) is 30.7 Å². The lowest BCUT2D eigenvalue weighted by Gasteiger charge is -2.12. The van der Waals surface area contributed by atoms with Gasteiger partial charge in [0.05, 0.1) is 12.5 Å². The van der Waals surface area contributed by atoms with Crippen molar-refractivity contribution in [3.8, 4) is 0 Å². The standard InChI is InChI=1S/C12H12N2O2/c1-16-11(15)12(3-4-12)9-2-6-14-7-5-13-10(14)8-9/h2,5-8H,3-4H2,1H3. The van der Waals surface area contributed by atoms with Gasteiger partial charge >= 0.3 is 5.97 Å². The monoisotopic (exact) mass is 216 g/mol. The van der Waals surface area contributed by atoms with Gasteiger partial charge in [-0.2, -0.15) is 0 Å². The molecule has 0 spiro atoms. The average molecular weight is 216 g/mol. The fraction of sp³-hybridized carbons (Fsp3) is 0.333. The molecule has 4 nitrogen and oxygen atoms in total. The first-order valence-electron chi connectivity index (χ1n) is 5.28. The Morgan fingerprint density at radius 3 is 3.00 bits per heavy atom. The molecule has 1 saturated carbocycles. The highest BCUT2D eigenvalue weighted by Crippen LogP contribution is 2.49. The van der Waals surface area contributed by atoms with E-state index in [1.54, 1.807) is 6.20 Å². The van der Waals surface area contributed by atoms with E-state index in [1.807, 2.05) is 28.9 Å². The van der Waals surface area contributed by atoms with Gasteiger partial charge in [0.2, 0.25) is 0 Å². The van der Waals surface area contributed by atoms with Crippen molar-refractivity contribution in [2.75, 3.05) is 7.11 Å². The second-order valence-corrected chi connectivity index (χ2v) is 4.18. The molecule has 0 saturated heterocycles. The van der Waals surface area contributed by atoms with Crippen LogP contribution in [-0.4, -0.2) is 22.5 Å². The smallest absolute Gasteiger partial charge is 0.316 e. The molecule has 3 rings (SSSR count). The van der Waals surface area contributed by atoms with E-state index in [0.717, 1.165) is 24.1 Å². The fourth-order valence-electron chi connectivity index (χ4n) is 2.14. The van der Waals surface area contributed by atoms with Crippen molar-refractivity contribution < 1.29 is 9.53 Å². The Kier molecular flexibility index (Phi) is 1.80. The van der Waals surface area contributed by atoms with Gasteiger partial charge < -0.3 is 9.14 Å². The SMILES string of the molecule is COC(=O)C1(c2ccn3ccnc3c2)CC1. The van der Waals surface area contributed by atoms with Crippen LogP contribution in [0, 0.1) is 0 Å². The summed E-state index contributed by atoms with van der Waals surface area (Å²) in [6, 6.07) is 3.93. The molecule has 2 aromatic rings. The summed E-state index contributed by atoms with van der Waals surface area (Å²) in [4.78, 5) is 15.9. The number of hydrogen-bond acceptors (Lipinski definition) is 3. The fourth-order valence-corrected chi connectivity index (χ4v) is 2.14. The first-order chi connectivity index (χ1) is 7.76. The lowest BCUT2D eigenvalue weighted by molar-refractivity contribution is -0.143. The van der Waals surface area contributed by atoms with E-state index in [0.29, 0.717) is 0 Å². The lowest BCUT2D eigenvalue weighted by atomic mass is 9.97. The van der Waals surface area contributed by atoms with Crippen LogP contribution < -0.4 is 0 Å². The molecule has 0 aromatic carbocycles. The van der Waals surface area contributed by atoms with Gasteiger partial charge in [-0.15, -0.1) is 0 Å². The van der Waals surface area contributed by atoms with Crippen LogP contribution in [0.1, 0.15) is 18.4 Å². The van der Waals surface area contributed by atoms with E-state index in [9.17, 15) is 4.79 Å². The van der Waals surface area contributed by atoms with Crippen LogP contribution in [0.4, 0.5) is 0 Å². The van der Waals surface area contributed by atoms with Crippen LogP contribution >= 0.6 is 0 Å².